The van der Waals surface area contributed by atoms with Gasteiger partial charge in [-0.15, -0.1) is 0 Å². The Labute approximate surface area is 158 Å². The summed E-state index contributed by atoms with van der Waals surface area (Å²) in [5, 5.41) is 10.8. The van der Waals surface area contributed by atoms with Crippen molar-refractivity contribution in [3.8, 4) is 11.3 Å². The average molecular weight is 361 g/mol. The van der Waals surface area contributed by atoms with Gasteiger partial charge in [0.25, 0.3) is 5.91 Å². The predicted octanol–water partition coefficient (Wildman–Crippen LogP) is 2.80. The quantitative estimate of drug-likeness (QED) is 0.733. The van der Waals surface area contributed by atoms with E-state index in [2.05, 4.69) is 26.8 Å². The maximum atomic E-state index is 12.5. The smallest absolute Gasteiger partial charge is 0.272 e. The Morgan fingerprint density at radius 3 is 3.00 bits per heavy atom. The normalized spacial score (nSPS) is 16.8. The number of benzene rings is 1. The summed E-state index contributed by atoms with van der Waals surface area (Å²) in [7, 11) is 0. The SMILES string of the molecule is O=C(NCc1cccc(-c2ccccn2)c1)c1ccn(C2CCCNC2)n1. The summed E-state index contributed by atoms with van der Waals surface area (Å²) in [6.07, 6.45) is 5.91. The van der Waals surface area contributed by atoms with Gasteiger partial charge in [0.1, 0.15) is 5.69 Å². The van der Waals surface area contributed by atoms with Crippen molar-refractivity contribution >= 4 is 5.91 Å². The summed E-state index contributed by atoms with van der Waals surface area (Å²) in [6, 6.07) is 16.0. The third-order valence-corrected chi connectivity index (χ3v) is 4.83. The number of rotatable bonds is 5. The Kier molecular flexibility index (Phi) is 5.25. The Hall–Kier alpha value is -2.99. The number of hydrogen-bond donors (Lipinski definition) is 2. The largest absolute Gasteiger partial charge is 0.347 e. The highest BCUT2D eigenvalue weighted by atomic mass is 16.1. The molecule has 1 aliphatic rings. The number of hydrogen-bond acceptors (Lipinski definition) is 4. The molecule has 2 N–H and O–H groups in total. The average Bonchev–Trinajstić information content (AvgIpc) is 3.24. The molecule has 1 fully saturated rings. The van der Waals surface area contributed by atoms with Gasteiger partial charge in [0.15, 0.2) is 0 Å². The number of amides is 1. The van der Waals surface area contributed by atoms with E-state index in [0.29, 0.717) is 18.3 Å². The van der Waals surface area contributed by atoms with E-state index < -0.39 is 0 Å². The van der Waals surface area contributed by atoms with Crippen molar-refractivity contribution < 1.29 is 4.79 Å². The highest BCUT2D eigenvalue weighted by Crippen LogP contribution is 2.18. The molecule has 2 aromatic heterocycles. The number of nitrogens with one attached hydrogen (secondary N) is 2. The zero-order chi connectivity index (χ0) is 18.5. The van der Waals surface area contributed by atoms with Crippen molar-refractivity contribution in [2.75, 3.05) is 13.1 Å². The number of pyridine rings is 1. The van der Waals surface area contributed by atoms with Gasteiger partial charge in [-0.05, 0) is 49.2 Å². The topological polar surface area (TPSA) is 71.8 Å². The Balaban J connectivity index is 1.39. The first-order chi connectivity index (χ1) is 13.3. The molecule has 0 saturated carbocycles. The lowest BCUT2D eigenvalue weighted by Gasteiger charge is -2.22. The number of carbonyl (C=O) groups excluding carboxylic acids is 1. The van der Waals surface area contributed by atoms with E-state index in [1.54, 1.807) is 12.3 Å². The first-order valence-electron chi connectivity index (χ1n) is 9.34. The van der Waals surface area contributed by atoms with E-state index in [9.17, 15) is 4.79 Å². The minimum Gasteiger partial charge on any atom is -0.347 e. The van der Waals surface area contributed by atoms with E-state index in [1.807, 2.05) is 47.3 Å². The first kappa shape index (κ1) is 17.4. The molecule has 1 unspecified atom stereocenters. The van der Waals surface area contributed by atoms with Crippen LogP contribution in [0.15, 0.2) is 60.9 Å². The molecular formula is C21H23N5O. The van der Waals surface area contributed by atoms with E-state index >= 15 is 0 Å². The molecule has 1 atom stereocenters. The molecule has 4 rings (SSSR count). The summed E-state index contributed by atoms with van der Waals surface area (Å²) >= 11 is 0. The standard InChI is InChI=1S/C21H23N5O/c27-21(20-9-12-26(25-20)18-7-4-10-22-15-18)24-14-16-5-3-6-17(13-16)19-8-1-2-11-23-19/h1-3,5-6,8-9,11-13,18,22H,4,7,10,14-15H2,(H,24,27). The van der Waals surface area contributed by atoms with Gasteiger partial charge in [0.05, 0.1) is 11.7 Å². The molecule has 0 aliphatic carbocycles. The van der Waals surface area contributed by atoms with Crippen LogP contribution in [0.4, 0.5) is 0 Å². The lowest BCUT2D eigenvalue weighted by Crippen LogP contribution is -2.32. The minimum absolute atomic E-state index is 0.152. The Morgan fingerprint density at radius 1 is 1.22 bits per heavy atom. The summed E-state index contributed by atoms with van der Waals surface area (Å²) in [6.45, 7) is 2.42. The lowest BCUT2D eigenvalue weighted by atomic mass is 10.1. The van der Waals surface area contributed by atoms with Crippen molar-refractivity contribution in [3.63, 3.8) is 0 Å². The van der Waals surface area contributed by atoms with Crippen LogP contribution < -0.4 is 10.6 Å². The van der Waals surface area contributed by atoms with Crippen LogP contribution in [0, 0.1) is 0 Å². The van der Waals surface area contributed by atoms with Gasteiger partial charge in [-0.25, -0.2) is 0 Å². The second kappa shape index (κ2) is 8.14. The number of aromatic nitrogens is 3. The summed E-state index contributed by atoms with van der Waals surface area (Å²) < 4.78 is 1.91. The van der Waals surface area contributed by atoms with Crippen LogP contribution in [-0.4, -0.2) is 33.8 Å². The predicted molar refractivity (Wildman–Crippen MR) is 104 cm³/mol. The molecule has 138 valence electrons. The fraction of sp³-hybridized carbons (Fsp3) is 0.286. The van der Waals surface area contributed by atoms with Gasteiger partial charge in [0, 0.05) is 31.0 Å². The Bertz CT molecular complexity index is 900. The van der Waals surface area contributed by atoms with Gasteiger partial charge in [-0.1, -0.05) is 24.3 Å². The van der Waals surface area contributed by atoms with Gasteiger partial charge >= 0.3 is 0 Å². The van der Waals surface area contributed by atoms with Crippen molar-refractivity contribution in [1.29, 1.82) is 0 Å². The highest BCUT2D eigenvalue weighted by molar-refractivity contribution is 5.92. The van der Waals surface area contributed by atoms with Crippen LogP contribution in [0.2, 0.25) is 0 Å². The third-order valence-electron chi connectivity index (χ3n) is 4.83. The van der Waals surface area contributed by atoms with E-state index in [0.717, 1.165) is 42.8 Å². The van der Waals surface area contributed by atoms with Crippen LogP contribution in [0.1, 0.15) is 34.9 Å². The molecule has 27 heavy (non-hydrogen) atoms. The number of piperidine rings is 1. The van der Waals surface area contributed by atoms with Crippen molar-refractivity contribution in [3.05, 3.63) is 72.2 Å². The first-order valence-corrected chi connectivity index (χ1v) is 9.34. The second-order valence-electron chi connectivity index (χ2n) is 6.78. The fourth-order valence-electron chi connectivity index (χ4n) is 3.37. The van der Waals surface area contributed by atoms with Crippen LogP contribution >= 0.6 is 0 Å². The van der Waals surface area contributed by atoms with Crippen molar-refractivity contribution in [2.24, 2.45) is 0 Å². The zero-order valence-electron chi connectivity index (χ0n) is 15.1. The monoisotopic (exact) mass is 361 g/mol. The van der Waals surface area contributed by atoms with Crippen LogP contribution in [-0.2, 0) is 6.54 Å². The minimum atomic E-state index is -0.152. The fourth-order valence-corrected chi connectivity index (χ4v) is 3.37. The van der Waals surface area contributed by atoms with Crippen molar-refractivity contribution in [1.82, 2.24) is 25.4 Å². The van der Waals surface area contributed by atoms with Crippen LogP contribution in [0.5, 0.6) is 0 Å². The highest BCUT2D eigenvalue weighted by Gasteiger charge is 2.17. The summed E-state index contributed by atoms with van der Waals surface area (Å²) in [5.41, 5.74) is 3.45. The molecule has 0 bridgehead atoms. The maximum absolute atomic E-state index is 12.5. The van der Waals surface area contributed by atoms with Crippen LogP contribution in [0.3, 0.4) is 0 Å². The second-order valence-corrected chi connectivity index (χ2v) is 6.78. The molecule has 1 aliphatic heterocycles. The number of nitrogens with zero attached hydrogens (tertiary/aromatic N) is 3. The van der Waals surface area contributed by atoms with Crippen molar-refractivity contribution in [2.45, 2.75) is 25.4 Å². The summed E-state index contributed by atoms with van der Waals surface area (Å²) in [5.74, 6) is -0.152. The van der Waals surface area contributed by atoms with Gasteiger partial charge in [-0.3, -0.25) is 14.5 Å². The molecule has 1 saturated heterocycles. The molecule has 6 nitrogen and oxygen atoms in total. The van der Waals surface area contributed by atoms with Gasteiger partial charge in [-0.2, -0.15) is 5.10 Å². The zero-order valence-corrected chi connectivity index (χ0v) is 15.1. The van der Waals surface area contributed by atoms with E-state index in [1.165, 1.54) is 0 Å². The maximum Gasteiger partial charge on any atom is 0.272 e. The Morgan fingerprint density at radius 2 is 2.19 bits per heavy atom. The molecule has 0 radical (unpaired) electrons. The molecule has 1 amide bonds. The summed E-state index contributed by atoms with van der Waals surface area (Å²) in [4.78, 5) is 16.8. The molecule has 6 heteroatoms. The van der Waals surface area contributed by atoms with Crippen LogP contribution in [0.25, 0.3) is 11.3 Å². The third kappa shape index (κ3) is 4.23. The van der Waals surface area contributed by atoms with E-state index in [4.69, 9.17) is 0 Å². The lowest BCUT2D eigenvalue weighted by molar-refractivity contribution is 0.0944. The van der Waals surface area contributed by atoms with E-state index in [-0.39, 0.29) is 5.91 Å². The molecule has 3 heterocycles. The van der Waals surface area contributed by atoms with Gasteiger partial charge in [0.2, 0.25) is 0 Å². The molecule has 0 spiro atoms. The molecule has 1 aromatic carbocycles. The molecule has 3 aromatic rings. The molecular weight excluding hydrogens is 338 g/mol. The number of carbonyl (C=O) groups is 1. The van der Waals surface area contributed by atoms with Gasteiger partial charge < -0.3 is 10.6 Å².